The van der Waals surface area contributed by atoms with Crippen molar-refractivity contribution >= 4 is 5.52 Å². The lowest BCUT2D eigenvalue weighted by Crippen LogP contribution is -2.15. The van der Waals surface area contributed by atoms with Gasteiger partial charge in [-0.25, -0.2) is 0 Å². The third-order valence-corrected chi connectivity index (χ3v) is 2.83. The first kappa shape index (κ1) is 10.3. The molecule has 0 bridgehead atoms. The minimum atomic E-state index is 0.200. The van der Waals surface area contributed by atoms with Gasteiger partial charge in [0.25, 0.3) is 0 Å². The van der Waals surface area contributed by atoms with Crippen LogP contribution in [0, 0.1) is 13.8 Å². The molecule has 0 amide bonds. The fourth-order valence-electron chi connectivity index (χ4n) is 2.38. The van der Waals surface area contributed by atoms with Gasteiger partial charge in [0.2, 0.25) is 0 Å². The Labute approximate surface area is 91.7 Å². The molecule has 0 radical (unpaired) electrons. The molecule has 2 heterocycles. The van der Waals surface area contributed by atoms with Gasteiger partial charge in [-0.2, -0.15) is 0 Å². The number of fused-ring (bicyclic) bond motifs is 1. The summed E-state index contributed by atoms with van der Waals surface area (Å²) in [6.45, 7) is 11.1. The van der Waals surface area contributed by atoms with Crippen molar-refractivity contribution in [1.82, 2.24) is 4.40 Å². The molecule has 15 heavy (non-hydrogen) atoms. The van der Waals surface area contributed by atoms with E-state index in [1.165, 1.54) is 22.3 Å². The third kappa shape index (κ3) is 1.67. The Bertz CT molecular complexity index is 498. The Morgan fingerprint density at radius 2 is 1.73 bits per heavy atom. The van der Waals surface area contributed by atoms with Gasteiger partial charge in [-0.05, 0) is 43.2 Å². The maximum Gasteiger partial charge on any atom is 0.0458 e. The zero-order chi connectivity index (χ0) is 11.2. The van der Waals surface area contributed by atoms with E-state index in [1.807, 2.05) is 0 Å². The second-order valence-electron chi connectivity index (χ2n) is 5.42. The maximum atomic E-state index is 2.31. The van der Waals surface area contributed by atoms with Crippen LogP contribution in [0.2, 0.25) is 0 Å². The third-order valence-electron chi connectivity index (χ3n) is 2.83. The van der Waals surface area contributed by atoms with Gasteiger partial charge in [-0.1, -0.05) is 20.8 Å². The second kappa shape index (κ2) is 3.13. The molecule has 0 aromatic carbocycles. The number of hydrogen-bond donors (Lipinski definition) is 0. The molecule has 0 saturated carbocycles. The van der Waals surface area contributed by atoms with Crippen LogP contribution >= 0.6 is 0 Å². The van der Waals surface area contributed by atoms with Gasteiger partial charge in [-0.15, -0.1) is 0 Å². The van der Waals surface area contributed by atoms with Crippen molar-refractivity contribution < 1.29 is 0 Å². The van der Waals surface area contributed by atoms with Gasteiger partial charge >= 0.3 is 0 Å². The van der Waals surface area contributed by atoms with Crippen LogP contribution in [-0.2, 0) is 5.41 Å². The van der Waals surface area contributed by atoms with Gasteiger partial charge in [0.05, 0.1) is 0 Å². The van der Waals surface area contributed by atoms with Crippen molar-refractivity contribution in [3.8, 4) is 0 Å². The van der Waals surface area contributed by atoms with Gasteiger partial charge in [0.15, 0.2) is 0 Å². The van der Waals surface area contributed by atoms with E-state index in [0.29, 0.717) is 0 Å². The van der Waals surface area contributed by atoms with Crippen LogP contribution in [0.3, 0.4) is 0 Å². The number of aryl methyl sites for hydroxylation is 2. The van der Waals surface area contributed by atoms with Crippen LogP contribution in [0.15, 0.2) is 24.4 Å². The molecule has 0 aliphatic carbocycles. The van der Waals surface area contributed by atoms with Gasteiger partial charge in [0, 0.05) is 22.8 Å². The molecule has 0 fully saturated rings. The number of pyridine rings is 1. The molecule has 0 aliphatic heterocycles. The molecule has 0 atom stereocenters. The molecule has 0 spiro atoms. The first-order chi connectivity index (χ1) is 6.89. The highest BCUT2D eigenvalue weighted by molar-refractivity contribution is 5.56. The Morgan fingerprint density at radius 1 is 1.07 bits per heavy atom. The Morgan fingerprint density at radius 3 is 2.33 bits per heavy atom. The van der Waals surface area contributed by atoms with Crippen LogP contribution < -0.4 is 0 Å². The van der Waals surface area contributed by atoms with E-state index >= 15 is 0 Å². The van der Waals surface area contributed by atoms with Crippen molar-refractivity contribution in [3.63, 3.8) is 0 Å². The summed E-state index contributed by atoms with van der Waals surface area (Å²) in [5.74, 6) is 0. The molecular formula is C14H19N. The Hall–Kier alpha value is -1.24. The van der Waals surface area contributed by atoms with Crippen LogP contribution in [0.1, 0.15) is 37.6 Å². The molecule has 80 valence electrons. The molecule has 2 aromatic heterocycles. The van der Waals surface area contributed by atoms with Crippen LogP contribution in [-0.4, -0.2) is 4.40 Å². The molecule has 0 unspecified atom stereocenters. The summed E-state index contributed by atoms with van der Waals surface area (Å²) in [5, 5.41) is 0. The molecule has 1 heteroatoms. The maximum absolute atomic E-state index is 2.31. The molecule has 0 N–H and O–H groups in total. The smallest absolute Gasteiger partial charge is 0.0458 e. The van der Waals surface area contributed by atoms with Crippen molar-refractivity contribution in [1.29, 1.82) is 0 Å². The number of nitrogens with zero attached hydrogens (tertiary/aromatic N) is 1. The van der Waals surface area contributed by atoms with E-state index in [2.05, 4.69) is 63.4 Å². The van der Waals surface area contributed by atoms with Crippen LogP contribution in [0.25, 0.3) is 5.52 Å². The average Bonchev–Trinajstić information content (AvgIpc) is 2.38. The summed E-state index contributed by atoms with van der Waals surface area (Å²) in [5.41, 5.74) is 5.62. The fraction of sp³-hybridized carbons (Fsp3) is 0.429. The number of rotatable bonds is 0. The molecule has 0 saturated heterocycles. The minimum Gasteiger partial charge on any atom is -0.320 e. The highest BCUT2D eigenvalue weighted by atomic mass is 14.9. The zero-order valence-electron chi connectivity index (χ0n) is 10.3. The average molecular weight is 201 g/mol. The second-order valence-corrected chi connectivity index (χ2v) is 5.42. The van der Waals surface area contributed by atoms with E-state index in [1.54, 1.807) is 0 Å². The van der Waals surface area contributed by atoms with Gasteiger partial charge in [0.1, 0.15) is 0 Å². The predicted octanol–water partition coefficient (Wildman–Crippen LogP) is 3.85. The zero-order valence-corrected chi connectivity index (χ0v) is 10.3. The molecule has 2 rings (SSSR count). The molecular weight excluding hydrogens is 182 g/mol. The summed E-state index contributed by atoms with van der Waals surface area (Å²) in [7, 11) is 0. The summed E-state index contributed by atoms with van der Waals surface area (Å²) in [4.78, 5) is 0. The van der Waals surface area contributed by atoms with E-state index in [4.69, 9.17) is 0 Å². The first-order valence-electron chi connectivity index (χ1n) is 5.48. The Balaban J connectivity index is 2.80. The van der Waals surface area contributed by atoms with E-state index in [9.17, 15) is 0 Å². The summed E-state index contributed by atoms with van der Waals surface area (Å²) >= 11 is 0. The Kier molecular flexibility index (Phi) is 2.14. The largest absolute Gasteiger partial charge is 0.320 e. The lowest BCUT2D eigenvalue weighted by atomic mass is 9.90. The lowest BCUT2D eigenvalue weighted by Gasteiger charge is -2.20. The van der Waals surface area contributed by atoms with E-state index < -0.39 is 0 Å². The first-order valence-corrected chi connectivity index (χ1v) is 5.48. The summed E-state index contributed by atoms with van der Waals surface area (Å²) in [6, 6.07) is 6.68. The predicted molar refractivity (Wildman–Crippen MR) is 65.6 cm³/mol. The monoisotopic (exact) mass is 201 g/mol. The van der Waals surface area contributed by atoms with Crippen molar-refractivity contribution in [3.05, 3.63) is 41.2 Å². The fourth-order valence-corrected chi connectivity index (χ4v) is 2.38. The van der Waals surface area contributed by atoms with Crippen molar-refractivity contribution in [2.75, 3.05) is 0 Å². The van der Waals surface area contributed by atoms with E-state index in [-0.39, 0.29) is 5.41 Å². The molecule has 2 aromatic rings. The van der Waals surface area contributed by atoms with Crippen molar-refractivity contribution in [2.45, 2.75) is 40.0 Å². The quantitative estimate of drug-likeness (QED) is 0.609. The van der Waals surface area contributed by atoms with Gasteiger partial charge in [-0.3, -0.25) is 0 Å². The highest BCUT2D eigenvalue weighted by Crippen LogP contribution is 2.28. The number of hydrogen-bond acceptors (Lipinski definition) is 0. The van der Waals surface area contributed by atoms with Crippen LogP contribution in [0.4, 0.5) is 0 Å². The lowest BCUT2D eigenvalue weighted by molar-refractivity contribution is 0.560. The standard InChI is InChI=1S/C14H19N/c1-10-6-7-15-12(8-10)9-11(2)13(15)14(3,4)5/h6-9H,1-5H3. The van der Waals surface area contributed by atoms with E-state index in [0.717, 1.165) is 0 Å². The minimum absolute atomic E-state index is 0.200. The normalized spacial score (nSPS) is 12.3. The molecule has 1 nitrogen and oxygen atoms in total. The van der Waals surface area contributed by atoms with Gasteiger partial charge < -0.3 is 4.40 Å². The highest BCUT2D eigenvalue weighted by Gasteiger charge is 2.20. The summed E-state index contributed by atoms with van der Waals surface area (Å²) < 4.78 is 2.31. The topological polar surface area (TPSA) is 4.41 Å². The van der Waals surface area contributed by atoms with Crippen molar-refractivity contribution in [2.24, 2.45) is 0 Å². The molecule has 0 aliphatic rings. The van der Waals surface area contributed by atoms with Crippen LogP contribution in [0.5, 0.6) is 0 Å². The SMILES string of the molecule is Cc1ccn2c(C(C)(C)C)c(C)cc2c1. The number of aromatic nitrogens is 1. The summed E-state index contributed by atoms with van der Waals surface area (Å²) in [6.07, 6.45) is 2.18.